The molecule has 10 heteroatoms. The highest BCUT2D eigenvalue weighted by molar-refractivity contribution is 7.80. The fraction of sp³-hybridized carbons (Fsp3) is 1.00. The molecular formula is C16H35F3O6S. The fourth-order valence-electron chi connectivity index (χ4n) is 0.955. The quantitative estimate of drug-likeness (QED) is 0.544. The zero-order chi connectivity index (χ0) is 21.4. The number of aliphatic hydroxyl groups excluding tert-OH is 1. The molecule has 0 aromatic heterocycles. The molecule has 0 amide bonds. The van der Waals surface area contributed by atoms with Gasteiger partial charge in [0.05, 0.1) is 0 Å². The van der Waals surface area contributed by atoms with E-state index in [1.54, 1.807) is 0 Å². The van der Waals surface area contributed by atoms with Gasteiger partial charge in [-0.1, -0.05) is 60.8 Å². The van der Waals surface area contributed by atoms with Gasteiger partial charge in [-0.2, -0.15) is 8.42 Å². The summed E-state index contributed by atoms with van der Waals surface area (Å²) in [6, 6.07) is 0. The van der Waals surface area contributed by atoms with Crippen LogP contribution in [0, 0.1) is 17.8 Å². The monoisotopic (exact) mass is 412 g/mol. The van der Waals surface area contributed by atoms with Crippen molar-refractivity contribution in [2.24, 2.45) is 17.8 Å². The number of hydrogen-bond acceptors (Lipinski definition) is 5. The number of alkyl halides is 3. The Balaban J connectivity index is -0.000000319. The van der Waals surface area contributed by atoms with Gasteiger partial charge < -0.3 is 9.84 Å². The lowest BCUT2D eigenvalue weighted by Crippen LogP contribution is -2.18. The lowest BCUT2D eigenvalue weighted by molar-refractivity contribution is -0.274. The Bertz CT molecular complexity index is 387. The summed E-state index contributed by atoms with van der Waals surface area (Å²) >= 11 is 0. The molecular weight excluding hydrogens is 377 g/mol. The average molecular weight is 413 g/mol. The van der Waals surface area contributed by atoms with Gasteiger partial charge in [0.15, 0.2) is 0 Å². The third kappa shape index (κ3) is 31.4. The van der Waals surface area contributed by atoms with E-state index >= 15 is 0 Å². The van der Waals surface area contributed by atoms with E-state index in [-0.39, 0.29) is 0 Å². The zero-order valence-electron chi connectivity index (χ0n) is 16.5. The van der Waals surface area contributed by atoms with Gasteiger partial charge in [-0.3, -0.25) is 4.55 Å². The molecule has 0 bridgehead atoms. The van der Waals surface area contributed by atoms with E-state index in [1.165, 1.54) is 12.8 Å². The zero-order valence-corrected chi connectivity index (χ0v) is 17.4. The van der Waals surface area contributed by atoms with E-state index in [0.717, 1.165) is 31.5 Å². The van der Waals surface area contributed by atoms with Gasteiger partial charge in [-0.25, -0.2) is 0 Å². The second-order valence-electron chi connectivity index (χ2n) is 6.22. The number of hydrogen-bond donors (Lipinski definition) is 2. The van der Waals surface area contributed by atoms with Gasteiger partial charge in [-0.05, 0) is 17.8 Å². The first-order valence-electron chi connectivity index (χ1n) is 8.65. The summed E-state index contributed by atoms with van der Waals surface area (Å²) in [4.78, 5) is 0. The van der Waals surface area contributed by atoms with Crippen molar-refractivity contribution in [3.8, 4) is 0 Å². The SMILES string of the molecule is CCC(C)CO.CCC(C)COCC(C)CC.O=S(=O)(O)OC(F)(F)F. The highest BCUT2D eigenvalue weighted by Crippen LogP contribution is 2.18. The van der Waals surface area contributed by atoms with Gasteiger partial charge in [0.1, 0.15) is 0 Å². The van der Waals surface area contributed by atoms with Crippen LogP contribution >= 0.6 is 0 Å². The van der Waals surface area contributed by atoms with Crippen LogP contribution in [-0.4, -0.2) is 44.3 Å². The molecule has 0 aliphatic rings. The van der Waals surface area contributed by atoms with Crippen molar-refractivity contribution in [1.82, 2.24) is 0 Å². The van der Waals surface area contributed by atoms with Gasteiger partial charge >= 0.3 is 16.8 Å². The summed E-state index contributed by atoms with van der Waals surface area (Å²) in [5, 5.41) is 8.33. The molecule has 0 rings (SSSR count). The van der Waals surface area contributed by atoms with Crippen molar-refractivity contribution >= 4 is 10.4 Å². The van der Waals surface area contributed by atoms with Crippen LogP contribution in [0.25, 0.3) is 0 Å². The van der Waals surface area contributed by atoms with E-state index in [9.17, 15) is 21.6 Å². The number of aliphatic hydroxyl groups is 1. The third-order valence-corrected chi connectivity index (χ3v) is 3.81. The maximum absolute atomic E-state index is 10.8. The molecule has 162 valence electrons. The van der Waals surface area contributed by atoms with Crippen molar-refractivity contribution in [1.29, 1.82) is 0 Å². The molecule has 0 aromatic rings. The minimum Gasteiger partial charge on any atom is -0.396 e. The van der Waals surface area contributed by atoms with Crippen LogP contribution in [-0.2, 0) is 19.3 Å². The Morgan fingerprint density at radius 3 is 1.35 bits per heavy atom. The molecule has 0 fully saturated rings. The highest BCUT2D eigenvalue weighted by atomic mass is 32.3. The average Bonchev–Trinajstić information content (AvgIpc) is 2.51. The maximum Gasteiger partial charge on any atom is 0.538 e. The number of halogens is 3. The molecule has 3 atom stereocenters. The predicted molar refractivity (Wildman–Crippen MR) is 95.0 cm³/mol. The molecule has 3 unspecified atom stereocenters. The standard InChI is InChI=1S/C10H22O.C5H12O.CHF3O4S/c1-5-9(3)7-11-8-10(4)6-2;1-3-5(2)4-6;2-1(3,4)8-9(5,6)7/h9-10H,5-8H2,1-4H3;5-6H,3-4H2,1-2H3;(H,5,6,7). The van der Waals surface area contributed by atoms with Crippen molar-refractivity contribution < 1.29 is 40.2 Å². The van der Waals surface area contributed by atoms with Crippen LogP contribution < -0.4 is 0 Å². The van der Waals surface area contributed by atoms with Crippen molar-refractivity contribution in [3.63, 3.8) is 0 Å². The Morgan fingerprint density at radius 1 is 0.885 bits per heavy atom. The molecule has 0 saturated carbocycles. The van der Waals surface area contributed by atoms with Crippen LogP contribution in [0.1, 0.15) is 60.8 Å². The molecule has 0 aliphatic heterocycles. The third-order valence-electron chi connectivity index (χ3n) is 3.41. The normalized spacial score (nSPS) is 15.0. The maximum atomic E-state index is 10.8. The van der Waals surface area contributed by atoms with Gasteiger partial charge in [0, 0.05) is 19.8 Å². The molecule has 0 spiro atoms. The first-order chi connectivity index (χ1) is 11.7. The highest BCUT2D eigenvalue weighted by Gasteiger charge is 2.35. The summed E-state index contributed by atoms with van der Waals surface area (Å²) in [5.41, 5.74) is 0. The summed E-state index contributed by atoms with van der Waals surface area (Å²) < 4.78 is 66.0. The lowest BCUT2D eigenvalue weighted by atomic mass is 10.1. The predicted octanol–water partition coefficient (Wildman–Crippen LogP) is 4.45. The molecule has 26 heavy (non-hydrogen) atoms. The first-order valence-corrected chi connectivity index (χ1v) is 10.0. The summed E-state index contributed by atoms with van der Waals surface area (Å²) in [6.45, 7) is 15.2. The Labute approximate surface area is 156 Å². The smallest absolute Gasteiger partial charge is 0.396 e. The van der Waals surface area contributed by atoms with Crippen LogP contribution in [0.3, 0.4) is 0 Å². The largest absolute Gasteiger partial charge is 0.538 e. The Kier molecular flexibility index (Phi) is 19.5. The van der Waals surface area contributed by atoms with Crippen LogP contribution in [0.2, 0.25) is 0 Å². The van der Waals surface area contributed by atoms with Crippen LogP contribution in [0.15, 0.2) is 0 Å². The summed E-state index contributed by atoms with van der Waals surface area (Å²) in [6.07, 6.45) is -1.83. The van der Waals surface area contributed by atoms with E-state index in [0.29, 0.717) is 12.5 Å². The van der Waals surface area contributed by atoms with Gasteiger partial charge in [0.25, 0.3) is 0 Å². The molecule has 0 radical (unpaired) electrons. The molecule has 0 aliphatic carbocycles. The van der Waals surface area contributed by atoms with Crippen LogP contribution in [0.5, 0.6) is 0 Å². The van der Waals surface area contributed by atoms with Gasteiger partial charge in [-0.15, -0.1) is 17.4 Å². The molecule has 0 aromatic carbocycles. The first kappa shape index (κ1) is 30.3. The second-order valence-corrected chi connectivity index (χ2v) is 7.24. The fourth-order valence-corrected chi connectivity index (χ4v) is 1.19. The molecule has 6 nitrogen and oxygen atoms in total. The van der Waals surface area contributed by atoms with Crippen molar-refractivity contribution in [2.75, 3.05) is 19.8 Å². The minimum absolute atomic E-state index is 0.330. The van der Waals surface area contributed by atoms with E-state index in [4.69, 9.17) is 14.4 Å². The molecule has 0 heterocycles. The summed E-state index contributed by atoms with van der Waals surface area (Å²) in [7, 11) is -5.41. The minimum atomic E-state index is -5.41. The van der Waals surface area contributed by atoms with Crippen LogP contribution in [0.4, 0.5) is 13.2 Å². The molecule has 0 saturated heterocycles. The Hall–Kier alpha value is -0.420. The Morgan fingerprint density at radius 2 is 1.23 bits per heavy atom. The molecule has 2 N–H and O–H groups in total. The lowest BCUT2D eigenvalue weighted by Gasteiger charge is -2.12. The van der Waals surface area contributed by atoms with Crippen molar-refractivity contribution in [2.45, 2.75) is 67.2 Å². The second kappa shape index (κ2) is 16.7. The topological polar surface area (TPSA) is 93.1 Å². The van der Waals surface area contributed by atoms with E-state index < -0.39 is 16.8 Å². The number of ether oxygens (including phenoxy) is 1. The number of rotatable bonds is 9. The van der Waals surface area contributed by atoms with Gasteiger partial charge in [0.2, 0.25) is 0 Å². The summed E-state index contributed by atoms with van der Waals surface area (Å²) in [5.74, 6) is 1.93. The van der Waals surface area contributed by atoms with E-state index in [1.807, 2.05) is 6.92 Å². The van der Waals surface area contributed by atoms with E-state index in [2.05, 4.69) is 38.8 Å². The van der Waals surface area contributed by atoms with Crippen molar-refractivity contribution in [3.05, 3.63) is 0 Å².